The fourth-order valence-corrected chi connectivity index (χ4v) is 2.15. The summed E-state index contributed by atoms with van der Waals surface area (Å²) in [5, 5.41) is 0. The summed E-state index contributed by atoms with van der Waals surface area (Å²) in [6.45, 7) is 16.9. The molecule has 2 heterocycles. The molecule has 1 fully saturated rings. The highest BCUT2D eigenvalue weighted by atomic mass is 16.1. The molecule has 2 rings (SSSR count). The number of nitrogens with zero attached hydrogens (tertiary/aromatic N) is 1. The summed E-state index contributed by atoms with van der Waals surface area (Å²) >= 11 is 0. The van der Waals surface area contributed by atoms with Crippen LogP contribution >= 0.6 is 0 Å². The van der Waals surface area contributed by atoms with E-state index in [-0.39, 0.29) is 5.78 Å². The summed E-state index contributed by atoms with van der Waals surface area (Å²) in [5.41, 5.74) is 4.13. The topological polar surface area (TPSA) is 20.3 Å². The second-order valence-corrected chi connectivity index (χ2v) is 4.64. The van der Waals surface area contributed by atoms with Gasteiger partial charge >= 0.3 is 0 Å². The molecule has 0 amide bonds. The first-order valence-electron chi connectivity index (χ1n) is 7.42. The van der Waals surface area contributed by atoms with Crippen LogP contribution in [0.5, 0.6) is 0 Å². The Bertz CT molecular complexity index is 388. The maximum Gasteiger partial charge on any atom is 0.160 e. The molecular formula is C17H29NO. The first-order valence-corrected chi connectivity index (χ1v) is 7.42. The standard InChI is InChI=1S/C12H15NO.C3H8.C2H6/c1-8-9(2)13-6-4-5-11(13)7-12(8)10(3)14;1-3-2;1-2/h7H,2,4-6H2,1,3H3;3H2,1-2H3;1-2H3. The Morgan fingerprint density at radius 3 is 2.37 bits per heavy atom. The minimum atomic E-state index is 0.141. The molecular weight excluding hydrogens is 234 g/mol. The van der Waals surface area contributed by atoms with E-state index in [9.17, 15) is 4.79 Å². The third-order valence-electron chi connectivity index (χ3n) is 3.01. The van der Waals surface area contributed by atoms with Gasteiger partial charge in [0, 0.05) is 23.5 Å². The van der Waals surface area contributed by atoms with E-state index >= 15 is 0 Å². The molecule has 2 heteroatoms. The molecule has 108 valence electrons. The second kappa shape index (κ2) is 8.73. The highest BCUT2D eigenvalue weighted by Gasteiger charge is 2.26. The van der Waals surface area contributed by atoms with Gasteiger partial charge in [0.05, 0.1) is 0 Å². The van der Waals surface area contributed by atoms with Crippen LogP contribution in [0.4, 0.5) is 0 Å². The van der Waals surface area contributed by atoms with Crippen molar-refractivity contribution in [3.63, 3.8) is 0 Å². The number of rotatable bonds is 1. The monoisotopic (exact) mass is 263 g/mol. The minimum absolute atomic E-state index is 0.141. The smallest absolute Gasteiger partial charge is 0.160 e. The third-order valence-corrected chi connectivity index (χ3v) is 3.01. The molecule has 2 aliphatic heterocycles. The first-order chi connectivity index (χ1) is 9.02. The average molecular weight is 263 g/mol. The summed E-state index contributed by atoms with van der Waals surface area (Å²) in [6.07, 6.45) is 5.52. The maximum atomic E-state index is 11.4. The van der Waals surface area contributed by atoms with Crippen LogP contribution in [0, 0.1) is 0 Å². The lowest BCUT2D eigenvalue weighted by atomic mass is 9.98. The number of fused-ring (bicyclic) bond motifs is 1. The molecule has 0 aromatic carbocycles. The van der Waals surface area contributed by atoms with Crippen LogP contribution in [0.25, 0.3) is 0 Å². The van der Waals surface area contributed by atoms with Crippen LogP contribution in [-0.4, -0.2) is 17.2 Å². The van der Waals surface area contributed by atoms with Crippen LogP contribution < -0.4 is 0 Å². The fourth-order valence-electron chi connectivity index (χ4n) is 2.15. The molecule has 2 aliphatic rings. The van der Waals surface area contributed by atoms with Crippen LogP contribution in [0.1, 0.15) is 60.8 Å². The van der Waals surface area contributed by atoms with Gasteiger partial charge in [0.2, 0.25) is 0 Å². The van der Waals surface area contributed by atoms with Crippen LogP contribution in [0.2, 0.25) is 0 Å². The lowest BCUT2D eigenvalue weighted by Crippen LogP contribution is -2.22. The van der Waals surface area contributed by atoms with Gasteiger partial charge in [-0.15, -0.1) is 0 Å². The Morgan fingerprint density at radius 1 is 1.37 bits per heavy atom. The van der Waals surface area contributed by atoms with Crippen molar-refractivity contribution in [3.05, 3.63) is 35.2 Å². The van der Waals surface area contributed by atoms with Crippen molar-refractivity contribution in [2.75, 3.05) is 6.54 Å². The Morgan fingerprint density at radius 2 is 1.89 bits per heavy atom. The lowest BCUT2D eigenvalue weighted by Gasteiger charge is -2.28. The zero-order chi connectivity index (χ0) is 15.0. The van der Waals surface area contributed by atoms with E-state index in [0.717, 1.165) is 29.8 Å². The van der Waals surface area contributed by atoms with E-state index in [0.29, 0.717) is 0 Å². The number of carbonyl (C=O) groups excluding carboxylic acids is 1. The summed E-state index contributed by atoms with van der Waals surface area (Å²) in [4.78, 5) is 13.6. The highest BCUT2D eigenvalue weighted by molar-refractivity contribution is 5.98. The zero-order valence-electron chi connectivity index (χ0n) is 13.5. The summed E-state index contributed by atoms with van der Waals surface area (Å²) in [7, 11) is 0. The van der Waals surface area contributed by atoms with Crippen molar-refractivity contribution in [1.29, 1.82) is 0 Å². The number of ketones is 1. The fraction of sp³-hybridized carbons (Fsp3) is 0.588. The predicted molar refractivity (Wildman–Crippen MR) is 83.9 cm³/mol. The molecule has 0 saturated carbocycles. The molecule has 0 spiro atoms. The van der Waals surface area contributed by atoms with Crippen molar-refractivity contribution in [2.45, 2.75) is 60.8 Å². The predicted octanol–water partition coefficient (Wildman–Crippen LogP) is 4.84. The quantitative estimate of drug-likeness (QED) is 0.674. The van der Waals surface area contributed by atoms with Gasteiger partial charge in [-0.05, 0) is 38.3 Å². The molecule has 0 radical (unpaired) electrons. The molecule has 2 nitrogen and oxygen atoms in total. The van der Waals surface area contributed by atoms with E-state index in [4.69, 9.17) is 0 Å². The zero-order valence-corrected chi connectivity index (χ0v) is 13.5. The third kappa shape index (κ3) is 4.38. The summed E-state index contributed by atoms with van der Waals surface area (Å²) in [5.74, 6) is 0.141. The molecule has 0 atom stereocenters. The number of carbonyl (C=O) groups is 1. The van der Waals surface area contributed by atoms with Crippen molar-refractivity contribution in [3.8, 4) is 0 Å². The maximum absolute atomic E-state index is 11.4. The molecule has 0 unspecified atom stereocenters. The highest BCUT2D eigenvalue weighted by Crippen LogP contribution is 2.34. The SMILES string of the molecule is C=C1C(C)=C(C(C)=O)C=C2CCCN12.CC.CCC. The van der Waals surface area contributed by atoms with Crippen molar-refractivity contribution >= 4 is 5.78 Å². The van der Waals surface area contributed by atoms with Gasteiger partial charge in [-0.25, -0.2) is 0 Å². The molecule has 0 bridgehead atoms. The van der Waals surface area contributed by atoms with E-state index in [1.165, 1.54) is 18.5 Å². The molecule has 0 aliphatic carbocycles. The van der Waals surface area contributed by atoms with Crippen LogP contribution in [0.15, 0.2) is 35.2 Å². The first kappa shape index (κ1) is 17.7. The summed E-state index contributed by atoms with van der Waals surface area (Å²) in [6, 6.07) is 0. The minimum Gasteiger partial charge on any atom is -0.345 e. The molecule has 0 aromatic heterocycles. The van der Waals surface area contributed by atoms with Gasteiger partial charge in [0.15, 0.2) is 5.78 Å². The second-order valence-electron chi connectivity index (χ2n) is 4.64. The average Bonchev–Trinajstić information content (AvgIpc) is 2.85. The Balaban J connectivity index is 0.000000573. The van der Waals surface area contributed by atoms with Gasteiger partial charge in [-0.3, -0.25) is 4.79 Å². The number of hydrogen-bond donors (Lipinski definition) is 0. The van der Waals surface area contributed by atoms with Crippen molar-refractivity contribution in [2.24, 2.45) is 0 Å². The Kier molecular flexibility index (Phi) is 8.13. The van der Waals surface area contributed by atoms with Crippen molar-refractivity contribution < 1.29 is 4.79 Å². The van der Waals surface area contributed by atoms with Gasteiger partial charge in [-0.2, -0.15) is 0 Å². The van der Waals surface area contributed by atoms with Gasteiger partial charge in [0.25, 0.3) is 0 Å². The Labute approximate surface area is 118 Å². The number of allylic oxidation sites excluding steroid dienone is 4. The number of Topliss-reactive ketones (excluding diaryl/α,β-unsaturated/α-hetero) is 1. The van der Waals surface area contributed by atoms with E-state index < -0.39 is 0 Å². The van der Waals surface area contributed by atoms with Gasteiger partial charge in [-0.1, -0.05) is 40.7 Å². The lowest BCUT2D eigenvalue weighted by molar-refractivity contribution is -0.113. The van der Waals surface area contributed by atoms with E-state index in [2.05, 4.69) is 25.3 Å². The van der Waals surface area contributed by atoms with E-state index in [1.807, 2.05) is 26.8 Å². The molecule has 19 heavy (non-hydrogen) atoms. The molecule has 0 N–H and O–H groups in total. The van der Waals surface area contributed by atoms with Crippen molar-refractivity contribution in [1.82, 2.24) is 4.90 Å². The van der Waals surface area contributed by atoms with Crippen LogP contribution in [-0.2, 0) is 4.79 Å². The molecule has 0 aromatic rings. The van der Waals surface area contributed by atoms with Crippen LogP contribution in [0.3, 0.4) is 0 Å². The Hall–Kier alpha value is -1.31. The van der Waals surface area contributed by atoms with Gasteiger partial charge < -0.3 is 4.90 Å². The number of hydrogen-bond acceptors (Lipinski definition) is 2. The largest absolute Gasteiger partial charge is 0.345 e. The van der Waals surface area contributed by atoms with Gasteiger partial charge in [0.1, 0.15) is 0 Å². The van der Waals surface area contributed by atoms with E-state index in [1.54, 1.807) is 6.92 Å². The summed E-state index contributed by atoms with van der Waals surface area (Å²) < 4.78 is 0. The normalized spacial score (nSPS) is 16.8. The molecule has 1 saturated heterocycles.